The van der Waals surface area contributed by atoms with Crippen LogP contribution in [-0.4, -0.2) is 64.1 Å². The van der Waals surface area contributed by atoms with Crippen molar-refractivity contribution in [1.29, 1.82) is 0 Å². The lowest BCUT2D eigenvalue weighted by Crippen LogP contribution is -2.52. The lowest BCUT2D eigenvalue weighted by atomic mass is 9.94. The first-order chi connectivity index (χ1) is 14.1. The zero-order valence-corrected chi connectivity index (χ0v) is 16.5. The summed E-state index contributed by atoms with van der Waals surface area (Å²) in [6, 6.07) is 5.26. The van der Waals surface area contributed by atoms with Crippen molar-refractivity contribution in [3.63, 3.8) is 0 Å². The summed E-state index contributed by atoms with van der Waals surface area (Å²) < 4.78 is 12.9. The number of fused-ring (bicyclic) bond motifs is 2. The maximum atomic E-state index is 13.0. The van der Waals surface area contributed by atoms with Gasteiger partial charge in [0.25, 0.3) is 5.91 Å². The molecule has 2 amide bonds. The molecule has 29 heavy (non-hydrogen) atoms. The SMILES string of the molecule is Cc1ncc2n1CCC(C(=O)N1CCN(C(=O)c3ccc4c(c3)OCO4)CC1)C2. The van der Waals surface area contributed by atoms with Crippen LogP contribution < -0.4 is 9.47 Å². The summed E-state index contributed by atoms with van der Waals surface area (Å²) in [7, 11) is 0. The van der Waals surface area contributed by atoms with Crippen LogP contribution in [0.15, 0.2) is 24.4 Å². The minimum Gasteiger partial charge on any atom is -0.454 e. The second-order valence-electron chi connectivity index (χ2n) is 7.82. The number of hydrogen-bond acceptors (Lipinski definition) is 5. The van der Waals surface area contributed by atoms with Crippen molar-refractivity contribution in [1.82, 2.24) is 19.4 Å². The summed E-state index contributed by atoms with van der Waals surface area (Å²) >= 11 is 0. The molecule has 2 aromatic rings. The molecule has 1 saturated heterocycles. The van der Waals surface area contributed by atoms with Crippen LogP contribution in [0.1, 0.15) is 28.3 Å². The predicted octanol–water partition coefficient (Wildman–Crippen LogP) is 1.47. The zero-order chi connectivity index (χ0) is 20.0. The van der Waals surface area contributed by atoms with Crippen molar-refractivity contribution in [2.45, 2.75) is 26.3 Å². The van der Waals surface area contributed by atoms with Crippen LogP contribution in [0.3, 0.4) is 0 Å². The van der Waals surface area contributed by atoms with Crippen LogP contribution in [-0.2, 0) is 17.8 Å². The van der Waals surface area contributed by atoms with Gasteiger partial charge in [-0.25, -0.2) is 4.98 Å². The summed E-state index contributed by atoms with van der Waals surface area (Å²) in [6.07, 6.45) is 3.48. The number of piperazine rings is 1. The van der Waals surface area contributed by atoms with Gasteiger partial charge in [0, 0.05) is 62.5 Å². The number of carbonyl (C=O) groups excluding carboxylic acids is 2. The topological polar surface area (TPSA) is 76.9 Å². The summed E-state index contributed by atoms with van der Waals surface area (Å²) in [5.74, 6) is 2.46. The van der Waals surface area contributed by atoms with Gasteiger partial charge in [-0.05, 0) is 31.5 Å². The Kier molecular flexibility index (Phi) is 4.41. The quantitative estimate of drug-likeness (QED) is 0.768. The molecule has 3 aliphatic rings. The van der Waals surface area contributed by atoms with Crippen LogP contribution >= 0.6 is 0 Å². The molecular weight excluding hydrogens is 372 g/mol. The second kappa shape index (κ2) is 7.09. The number of aromatic nitrogens is 2. The Hall–Kier alpha value is -3.03. The number of amides is 2. The standard InChI is InChI=1S/C21H24N4O4/c1-14-22-12-17-10-16(4-5-25(14)17)21(27)24-8-6-23(7-9-24)20(26)15-2-3-18-19(11-15)29-13-28-18/h2-3,11-12,16H,4-10,13H2,1H3. The highest BCUT2D eigenvalue weighted by atomic mass is 16.7. The van der Waals surface area contributed by atoms with Crippen molar-refractivity contribution in [2.75, 3.05) is 33.0 Å². The molecule has 0 N–H and O–H groups in total. The van der Waals surface area contributed by atoms with Gasteiger partial charge >= 0.3 is 0 Å². The first kappa shape index (κ1) is 18.0. The number of benzene rings is 1. The molecule has 8 nitrogen and oxygen atoms in total. The maximum absolute atomic E-state index is 13.0. The molecule has 1 unspecified atom stereocenters. The van der Waals surface area contributed by atoms with Crippen LogP contribution in [0.2, 0.25) is 0 Å². The molecule has 0 spiro atoms. The predicted molar refractivity (Wildman–Crippen MR) is 104 cm³/mol. The molecule has 5 rings (SSSR count). The molecule has 1 aromatic carbocycles. The number of carbonyl (C=O) groups is 2. The van der Waals surface area contributed by atoms with E-state index in [4.69, 9.17) is 9.47 Å². The second-order valence-corrected chi connectivity index (χ2v) is 7.82. The Labute approximate surface area is 169 Å². The molecule has 3 aliphatic heterocycles. The zero-order valence-electron chi connectivity index (χ0n) is 16.5. The van der Waals surface area contributed by atoms with Gasteiger partial charge in [-0.1, -0.05) is 0 Å². The number of nitrogens with zero attached hydrogens (tertiary/aromatic N) is 4. The fourth-order valence-electron chi connectivity index (χ4n) is 4.43. The Morgan fingerprint density at radius 2 is 1.79 bits per heavy atom. The molecule has 0 saturated carbocycles. The van der Waals surface area contributed by atoms with Gasteiger partial charge in [-0.2, -0.15) is 0 Å². The van der Waals surface area contributed by atoms with Crippen LogP contribution in [0.4, 0.5) is 0 Å². The number of imidazole rings is 1. The highest BCUT2D eigenvalue weighted by Gasteiger charge is 2.32. The average molecular weight is 396 g/mol. The van der Waals surface area contributed by atoms with Gasteiger partial charge < -0.3 is 23.8 Å². The van der Waals surface area contributed by atoms with Crippen LogP contribution in [0.5, 0.6) is 11.5 Å². The van der Waals surface area contributed by atoms with Gasteiger partial charge in [-0.3, -0.25) is 9.59 Å². The molecule has 1 fully saturated rings. The minimum atomic E-state index is -0.0348. The van der Waals surface area contributed by atoms with E-state index in [-0.39, 0.29) is 24.5 Å². The third-order valence-corrected chi connectivity index (χ3v) is 6.14. The van der Waals surface area contributed by atoms with Gasteiger partial charge in [-0.15, -0.1) is 0 Å². The maximum Gasteiger partial charge on any atom is 0.254 e. The lowest BCUT2D eigenvalue weighted by molar-refractivity contribution is -0.137. The summed E-state index contributed by atoms with van der Waals surface area (Å²) in [4.78, 5) is 33.9. The van der Waals surface area contributed by atoms with Crippen molar-refractivity contribution >= 4 is 11.8 Å². The van der Waals surface area contributed by atoms with E-state index in [2.05, 4.69) is 9.55 Å². The summed E-state index contributed by atoms with van der Waals surface area (Å²) in [5.41, 5.74) is 1.73. The van der Waals surface area contributed by atoms with E-state index in [1.165, 1.54) is 0 Å². The van der Waals surface area contributed by atoms with E-state index in [0.29, 0.717) is 43.2 Å². The third-order valence-electron chi connectivity index (χ3n) is 6.14. The van der Waals surface area contributed by atoms with E-state index >= 15 is 0 Å². The normalized spacial score (nSPS) is 20.5. The van der Waals surface area contributed by atoms with Gasteiger partial charge in [0.15, 0.2) is 11.5 Å². The van der Waals surface area contributed by atoms with Crippen molar-refractivity contribution in [2.24, 2.45) is 5.92 Å². The fourth-order valence-corrected chi connectivity index (χ4v) is 4.43. The third kappa shape index (κ3) is 3.22. The first-order valence-electron chi connectivity index (χ1n) is 10.1. The van der Waals surface area contributed by atoms with E-state index in [1.54, 1.807) is 23.1 Å². The molecule has 4 heterocycles. The Bertz CT molecular complexity index is 962. The van der Waals surface area contributed by atoms with Crippen molar-refractivity contribution in [3.05, 3.63) is 41.5 Å². The van der Waals surface area contributed by atoms with Gasteiger partial charge in [0.05, 0.1) is 0 Å². The number of aryl methyl sites for hydroxylation is 1. The molecule has 152 valence electrons. The van der Waals surface area contributed by atoms with Crippen molar-refractivity contribution in [3.8, 4) is 11.5 Å². The van der Waals surface area contributed by atoms with Crippen LogP contribution in [0, 0.1) is 12.8 Å². The molecule has 1 aromatic heterocycles. The molecule has 0 radical (unpaired) electrons. The Balaban J connectivity index is 1.19. The largest absolute Gasteiger partial charge is 0.454 e. The smallest absolute Gasteiger partial charge is 0.254 e. The van der Waals surface area contributed by atoms with Crippen molar-refractivity contribution < 1.29 is 19.1 Å². The number of rotatable bonds is 2. The molecule has 1 atom stereocenters. The van der Waals surface area contributed by atoms with E-state index in [0.717, 1.165) is 30.9 Å². The van der Waals surface area contributed by atoms with Crippen LogP contribution in [0.25, 0.3) is 0 Å². The molecular formula is C21H24N4O4. The van der Waals surface area contributed by atoms with Gasteiger partial charge in [0.1, 0.15) is 5.82 Å². The average Bonchev–Trinajstić information content (AvgIpc) is 3.38. The highest BCUT2D eigenvalue weighted by Crippen LogP contribution is 2.33. The minimum absolute atomic E-state index is 0.00899. The van der Waals surface area contributed by atoms with E-state index < -0.39 is 0 Å². The number of hydrogen-bond donors (Lipinski definition) is 0. The van der Waals surface area contributed by atoms with E-state index in [1.807, 2.05) is 18.0 Å². The summed E-state index contributed by atoms with van der Waals surface area (Å²) in [6.45, 7) is 5.27. The highest BCUT2D eigenvalue weighted by molar-refractivity contribution is 5.95. The van der Waals surface area contributed by atoms with E-state index in [9.17, 15) is 9.59 Å². The first-order valence-corrected chi connectivity index (χ1v) is 10.1. The fraction of sp³-hybridized carbons (Fsp3) is 0.476. The number of ether oxygens (including phenoxy) is 2. The Morgan fingerprint density at radius 3 is 2.62 bits per heavy atom. The molecule has 0 bridgehead atoms. The molecule has 0 aliphatic carbocycles. The monoisotopic (exact) mass is 396 g/mol. The summed E-state index contributed by atoms with van der Waals surface area (Å²) in [5, 5.41) is 0. The Morgan fingerprint density at radius 1 is 1.03 bits per heavy atom. The molecule has 8 heteroatoms. The lowest BCUT2D eigenvalue weighted by Gasteiger charge is -2.37. The van der Waals surface area contributed by atoms with Gasteiger partial charge in [0.2, 0.25) is 12.7 Å².